The van der Waals surface area contributed by atoms with Crippen LogP contribution in [-0.4, -0.2) is 22.4 Å². The van der Waals surface area contributed by atoms with Gasteiger partial charge >= 0.3 is 0 Å². The molecular formula is C13H20O2. The van der Waals surface area contributed by atoms with Gasteiger partial charge in [0.15, 0.2) is 0 Å². The fourth-order valence-corrected chi connectivity index (χ4v) is 4.03. The summed E-state index contributed by atoms with van der Waals surface area (Å²) in [7, 11) is 0. The van der Waals surface area contributed by atoms with E-state index in [1.54, 1.807) is 0 Å². The molecule has 2 fully saturated rings. The smallest absolute Gasteiger partial charge is 0.0835 e. The van der Waals surface area contributed by atoms with Crippen molar-refractivity contribution in [1.29, 1.82) is 0 Å². The second-order valence-electron chi connectivity index (χ2n) is 5.69. The lowest BCUT2D eigenvalue weighted by Crippen LogP contribution is -2.44. The molecule has 0 aromatic carbocycles. The zero-order chi connectivity index (χ0) is 10.5. The van der Waals surface area contributed by atoms with E-state index in [1.165, 1.54) is 19.3 Å². The highest BCUT2D eigenvalue weighted by Gasteiger charge is 2.50. The Bertz CT molecular complexity index is 286. The van der Waals surface area contributed by atoms with Gasteiger partial charge in [-0.05, 0) is 49.4 Å². The first-order chi connectivity index (χ1) is 7.21. The van der Waals surface area contributed by atoms with Crippen molar-refractivity contribution < 1.29 is 10.2 Å². The quantitative estimate of drug-likeness (QED) is 0.646. The molecule has 0 saturated heterocycles. The lowest BCUT2D eigenvalue weighted by molar-refractivity contribution is -0.0752. The lowest BCUT2D eigenvalue weighted by Gasteiger charge is -2.42. The standard InChI is InChI=1S/C13H20O2/c14-11-3-1-2-10(12(11)15)13-6-4-9(8-13)5-7-13/h4,6,9-12,14-15H,1-3,5,7-8H2. The van der Waals surface area contributed by atoms with Gasteiger partial charge in [0.2, 0.25) is 0 Å². The van der Waals surface area contributed by atoms with Crippen LogP contribution in [0.4, 0.5) is 0 Å². The molecule has 84 valence electrons. The molecular weight excluding hydrogens is 188 g/mol. The van der Waals surface area contributed by atoms with E-state index >= 15 is 0 Å². The second-order valence-corrected chi connectivity index (χ2v) is 5.69. The topological polar surface area (TPSA) is 40.5 Å². The molecule has 5 atom stereocenters. The first-order valence-corrected chi connectivity index (χ1v) is 6.27. The third-order valence-electron chi connectivity index (χ3n) is 4.88. The van der Waals surface area contributed by atoms with Gasteiger partial charge < -0.3 is 10.2 Å². The average Bonchev–Trinajstić information content (AvgIpc) is 2.83. The largest absolute Gasteiger partial charge is 0.390 e. The van der Waals surface area contributed by atoms with Crippen LogP contribution in [0.15, 0.2) is 12.2 Å². The first kappa shape index (κ1) is 9.86. The Balaban J connectivity index is 1.84. The second kappa shape index (κ2) is 3.33. The highest BCUT2D eigenvalue weighted by Crippen LogP contribution is 2.56. The summed E-state index contributed by atoms with van der Waals surface area (Å²) in [5.41, 5.74) is 0.242. The number of hydrogen-bond donors (Lipinski definition) is 2. The summed E-state index contributed by atoms with van der Waals surface area (Å²) in [6.07, 6.45) is 10.4. The van der Waals surface area contributed by atoms with Crippen LogP contribution in [0.25, 0.3) is 0 Å². The molecule has 2 N–H and O–H groups in total. The highest BCUT2D eigenvalue weighted by molar-refractivity contribution is 5.19. The lowest BCUT2D eigenvalue weighted by atomic mass is 9.66. The van der Waals surface area contributed by atoms with E-state index in [1.807, 2.05) is 0 Å². The third-order valence-corrected chi connectivity index (χ3v) is 4.88. The number of aliphatic hydroxyl groups excluding tert-OH is 2. The Labute approximate surface area is 91.0 Å². The fourth-order valence-electron chi connectivity index (χ4n) is 4.03. The van der Waals surface area contributed by atoms with E-state index in [9.17, 15) is 10.2 Å². The van der Waals surface area contributed by atoms with Gasteiger partial charge in [-0.1, -0.05) is 18.6 Å². The van der Waals surface area contributed by atoms with E-state index < -0.39 is 12.2 Å². The van der Waals surface area contributed by atoms with Crippen LogP contribution in [0.3, 0.4) is 0 Å². The summed E-state index contributed by atoms with van der Waals surface area (Å²) in [5, 5.41) is 19.9. The van der Waals surface area contributed by atoms with Crippen molar-refractivity contribution in [3.05, 3.63) is 12.2 Å². The molecule has 3 aliphatic rings. The van der Waals surface area contributed by atoms with Crippen LogP contribution in [0.5, 0.6) is 0 Å². The molecule has 3 rings (SSSR count). The Kier molecular flexibility index (Phi) is 2.18. The van der Waals surface area contributed by atoms with Crippen LogP contribution >= 0.6 is 0 Å². The van der Waals surface area contributed by atoms with Gasteiger partial charge in [0.05, 0.1) is 12.2 Å². The van der Waals surface area contributed by atoms with Crippen LogP contribution < -0.4 is 0 Å². The SMILES string of the molecule is OC1CCCC(C23C=CC(CC2)C3)C1O. The molecule has 2 heteroatoms. The van der Waals surface area contributed by atoms with E-state index in [0.717, 1.165) is 25.2 Å². The molecule has 2 nitrogen and oxygen atoms in total. The first-order valence-electron chi connectivity index (χ1n) is 6.27. The Hall–Kier alpha value is -0.340. The van der Waals surface area contributed by atoms with Crippen molar-refractivity contribution >= 4 is 0 Å². The molecule has 2 bridgehead atoms. The molecule has 3 aliphatic carbocycles. The summed E-state index contributed by atoms with van der Waals surface area (Å²) in [6, 6.07) is 0. The summed E-state index contributed by atoms with van der Waals surface area (Å²) >= 11 is 0. The summed E-state index contributed by atoms with van der Waals surface area (Å²) in [4.78, 5) is 0. The van der Waals surface area contributed by atoms with Gasteiger partial charge in [-0.3, -0.25) is 0 Å². The summed E-state index contributed by atoms with van der Waals surface area (Å²) in [5.74, 6) is 1.07. The van der Waals surface area contributed by atoms with Crippen molar-refractivity contribution in [3.63, 3.8) is 0 Å². The fraction of sp³-hybridized carbons (Fsp3) is 0.846. The number of aliphatic hydroxyl groups is 2. The Morgan fingerprint density at radius 2 is 2.00 bits per heavy atom. The van der Waals surface area contributed by atoms with Crippen LogP contribution in [0, 0.1) is 17.3 Å². The zero-order valence-electron chi connectivity index (χ0n) is 9.10. The van der Waals surface area contributed by atoms with Crippen LogP contribution in [-0.2, 0) is 0 Å². The van der Waals surface area contributed by atoms with Crippen molar-refractivity contribution in [3.8, 4) is 0 Å². The summed E-state index contributed by atoms with van der Waals surface area (Å²) in [6.45, 7) is 0. The van der Waals surface area contributed by atoms with E-state index in [2.05, 4.69) is 12.2 Å². The van der Waals surface area contributed by atoms with Crippen molar-refractivity contribution in [2.45, 2.75) is 50.7 Å². The maximum Gasteiger partial charge on any atom is 0.0835 e. The highest BCUT2D eigenvalue weighted by atomic mass is 16.3. The molecule has 0 aliphatic heterocycles. The molecule has 0 heterocycles. The van der Waals surface area contributed by atoms with Crippen LogP contribution in [0.2, 0.25) is 0 Å². The van der Waals surface area contributed by atoms with Gasteiger partial charge in [0.25, 0.3) is 0 Å². The minimum atomic E-state index is -0.486. The monoisotopic (exact) mass is 208 g/mol. The molecule has 15 heavy (non-hydrogen) atoms. The Morgan fingerprint density at radius 3 is 2.60 bits per heavy atom. The molecule has 0 amide bonds. The van der Waals surface area contributed by atoms with Gasteiger partial charge in [0, 0.05) is 0 Å². The third kappa shape index (κ3) is 1.38. The summed E-state index contributed by atoms with van der Waals surface area (Å²) < 4.78 is 0. The maximum atomic E-state index is 10.1. The van der Waals surface area contributed by atoms with E-state index in [-0.39, 0.29) is 5.41 Å². The molecule has 0 aromatic rings. The van der Waals surface area contributed by atoms with Crippen molar-refractivity contribution in [2.75, 3.05) is 0 Å². The van der Waals surface area contributed by atoms with Crippen molar-refractivity contribution in [1.82, 2.24) is 0 Å². The van der Waals surface area contributed by atoms with Gasteiger partial charge in [0.1, 0.15) is 0 Å². The number of allylic oxidation sites excluding steroid dienone is 2. The van der Waals surface area contributed by atoms with E-state index in [4.69, 9.17) is 0 Å². The molecule has 5 unspecified atom stereocenters. The zero-order valence-corrected chi connectivity index (χ0v) is 9.10. The van der Waals surface area contributed by atoms with Crippen LogP contribution in [0.1, 0.15) is 38.5 Å². The molecule has 0 spiro atoms. The molecule has 0 aromatic heterocycles. The predicted octanol–water partition coefficient (Wildman–Crippen LogP) is 1.86. The van der Waals surface area contributed by atoms with Crippen molar-refractivity contribution in [2.24, 2.45) is 17.3 Å². The predicted molar refractivity (Wildman–Crippen MR) is 58.3 cm³/mol. The Morgan fingerprint density at radius 1 is 1.13 bits per heavy atom. The number of rotatable bonds is 1. The molecule has 2 saturated carbocycles. The van der Waals surface area contributed by atoms with Gasteiger partial charge in [-0.25, -0.2) is 0 Å². The van der Waals surface area contributed by atoms with E-state index in [0.29, 0.717) is 5.92 Å². The van der Waals surface area contributed by atoms with Gasteiger partial charge in [-0.15, -0.1) is 0 Å². The minimum absolute atomic E-state index is 0.242. The molecule has 0 radical (unpaired) electrons. The number of fused-ring (bicyclic) bond motifs is 2. The maximum absolute atomic E-state index is 10.1. The number of hydrogen-bond acceptors (Lipinski definition) is 2. The normalized spacial score (nSPS) is 53.7. The average molecular weight is 208 g/mol. The minimum Gasteiger partial charge on any atom is -0.390 e. The van der Waals surface area contributed by atoms with Gasteiger partial charge in [-0.2, -0.15) is 0 Å².